The number of carbonyl (C=O) groups is 2. The van der Waals surface area contributed by atoms with Gasteiger partial charge in [0, 0.05) is 35.5 Å². The molecule has 2 aromatic rings. The maximum absolute atomic E-state index is 12.4. The molecule has 0 radical (unpaired) electrons. The number of fused-ring (bicyclic) bond motifs is 1. The van der Waals surface area contributed by atoms with Crippen LogP contribution < -0.4 is 4.90 Å². The number of amides is 1. The van der Waals surface area contributed by atoms with E-state index in [-0.39, 0.29) is 16.9 Å². The summed E-state index contributed by atoms with van der Waals surface area (Å²) in [6.07, 6.45) is 0.519. The Bertz CT molecular complexity index is 747. The number of hydrogen-bond acceptors (Lipinski definition) is 3. The molecule has 2 aromatic carbocycles. The summed E-state index contributed by atoms with van der Waals surface area (Å²) in [4.78, 5) is 25.3. The van der Waals surface area contributed by atoms with Crippen molar-refractivity contribution < 1.29 is 9.59 Å². The van der Waals surface area contributed by atoms with Crippen LogP contribution >= 0.6 is 27.7 Å². The largest absolute Gasteiger partial charge is 0.311 e. The van der Waals surface area contributed by atoms with Crippen molar-refractivity contribution in [2.45, 2.75) is 13.3 Å². The number of thioether (sulfide) groups is 1. The number of hydrogen-bond donors (Lipinski definition) is 0. The molecule has 0 aromatic heterocycles. The molecular formula is C17H16BrNO2S. The number of anilines is 1. The molecule has 1 fully saturated rings. The van der Waals surface area contributed by atoms with Gasteiger partial charge in [-0.3, -0.25) is 9.59 Å². The maximum Gasteiger partial charge on any atom is 0.227 e. The van der Waals surface area contributed by atoms with Gasteiger partial charge < -0.3 is 4.90 Å². The lowest BCUT2D eigenvalue weighted by molar-refractivity contribution is -0.117. The number of carbonyl (C=O) groups excluding carboxylic acids is 2. The van der Waals surface area contributed by atoms with Crippen LogP contribution in [0.3, 0.4) is 0 Å². The summed E-state index contributed by atoms with van der Waals surface area (Å²) >= 11 is 4.87. The monoisotopic (exact) mass is 377 g/mol. The third-order valence-corrected chi connectivity index (χ3v) is 5.60. The van der Waals surface area contributed by atoms with E-state index in [9.17, 15) is 9.59 Å². The van der Waals surface area contributed by atoms with Gasteiger partial charge in [0.1, 0.15) is 0 Å². The molecule has 0 saturated carbocycles. The van der Waals surface area contributed by atoms with Gasteiger partial charge in [0.15, 0.2) is 5.12 Å². The highest BCUT2D eigenvalue weighted by molar-refractivity contribution is 9.10. The minimum atomic E-state index is 0.111. The zero-order valence-corrected chi connectivity index (χ0v) is 14.6. The van der Waals surface area contributed by atoms with Gasteiger partial charge in [-0.25, -0.2) is 0 Å². The Morgan fingerprint density at radius 1 is 1.27 bits per heavy atom. The van der Waals surface area contributed by atoms with E-state index in [1.807, 2.05) is 41.3 Å². The smallest absolute Gasteiger partial charge is 0.227 e. The molecule has 1 aliphatic heterocycles. The van der Waals surface area contributed by atoms with E-state index in [1.165, 1.54) is 11.8 Å². The van der Waals surface area contributed by atoms with Gasteiger partial charge in [0.25, 0.3) is 0 Å². The predicted molar refractivity (Wildman–Crippen MR) is 95.2 cm³/mol. The van der Waals surface area contributed by atoms with Gasteiger partial charge in [-0.2, -0.15) is 0 Å². The summed E-state index contributed by atoms with van der Waals surface area (Å²) < 4.78 is 1.03. The molecule has 5 heteroatoms. The molecule has 1 amide bonds. The zero-order chi connectivity index (χ0) is 15.7. The molecule has 1 atom stereocenters. The van der Waals surface area contributed by atoms with Gasteiger partial charge in [0.2, 0.25) is 5.91 Å². The Kier molecular flexibility index (Phi) is 4.54. The molecule has 1 aliphatic rings. The van der Waals surface area contributed by atoms with Crippen LogP contribution in [0.25, 0.3) is 10.8 Å². The first-order valence-electron chi connectivity index (χ1n) is 7.17. The van der Waals surface area contributed by atoms with E-state index in [0.29, 0.717) is 18.7 Å². The van der Waals surface area contributed by atoms with Crippen LogP contribution in [0.4, 0.5) is 5.69 Å². The van der Waals surface area contributed by atoms with Gasteiger partial charge in [-0.15, -0.1) is 0 Å². The highest BCUT2D eigenvalue weighted by atomic mass is 79.9. The minimum absolute atomic E-state index is 0.111. The van der Waals surface area contributed by atoms with Crippen LogP contribution in [0.2, 0.25) is 0 Å². The third-order valence-electron chi connectivity index (χ3n) is 3.87. The standard InChI is InChI=1S/C17H16BrNO2S/c1-11(20)22-10-12-8-17(21)19(9-12)16-7-6-15(18)13-4-2-3-5-14(13)16/h2-7,12H,8-10H2,1H3. The molecule has 3 rings (SSSR count). The van der Waals surface area contributed by atoms with Crippen LogP contribution in [-0.2, 0) is 9.59 Å². The first-order valence-corrected chi connectivity index (χ1v) is 8.95. The lowest BCUT2D eigenvalue weighted by Crippen LogP contribution is -2.25. The molecule has 1 unspecified atom stereocenters. The van der Waals surface area contributed by atoms with Crippen LogP contribution in [0.15, 0.2) is 40.9 Å². The van der Waals surface area contributed by atoms with E-state index in [1.54, 1.807) is 6.92 Å². The Morgan fingerprint density at radius 3 is 2.73 bits per heavy atom. The molecule has 114 valence electrons. The van der Waals surface area contributed by atoms with E-state index < -0.39 is 0 Å². The van der Waals surface area contributed by atoms with Gasteiger partial charge >= 0.3 is 0 Å². The zero-order valence-electron chi connectivity index (χ0n) is 12.2. The molecule has 0 bridgehead atoms. The molecule has 1 saturated heterocycles. The van der Waals surface area contributed by atoms with Crippen molar-refractivity contribution in [2.75, 3.05) is 17.2 Å². The molecule has 0 aliphatic carbocycles. The molecule has 22 heavy (non-hydrogen) atoms. The predicted octanol–water partition coefficient (Wildman–Crippen LogP) is 4.23. The van der Waals surface area contributed by atoms with Crippen LogP contribution in [0.1, 0.15) is 13.3 Å². The summed E-state index contributed by atoms with van der Waals surface area (Å²) in [5, 5.41) is 2.29. The van der Waals surface area contributed by atoms with Crippen molar-refractivity contribution in [2.24, 2.45) is 5.92 Å². The average Bonchev–Trinajstić information content (AvgIpc) is 2.87. The Balaban J connectivity index is 1.90. The molecular weight excluding hydrogens is 362 g/mol. The Morgan fingerprint density at radius 2 is 2.00 bits per heavy atom. The number of nitrogens with zero attached hydrogens (tertiary/aromatic N) is 1. The summed E-state index contributed by atoms with van der Waals surface area (Å²) in [6.45, 7) is 2.26. The number of benzene rings is 2. The summed E-state index contributed by atoms with van der Waals surface area (Å²) in [7, 11) is 0. The quantitative estimate of drug-likeness (QED) is 0.802. The van der Waals surface area contributed by atoms with E-state index in [0.717, 1.165) is 20.9 Å². The van der Waals surface area contributed by atoms with Crippen molar-refractivity contribution in [3.63, 3.8) is 0 Å². The van der Waals surface area contributed by atoms with Crippen molar-refractivity contribution in [1.82, 2.24) is 0 Å². The van der Waals surface area contributed by atoms with Gasteiger partial charge in [-0.1, -0.05) is 52.0 Å². The highest BCUT2D eigenvalue weighted by Gasteiger charge is 2.31. The second-order valence-electron chi connectivity index (χ2n) is 5.49. The van der Waals surface area contributed by atoms with Crippen molar-refractivity contribution in [3.05, 3.63) is 40.9 Å². The molecule has 1 heterocycles. The fourth-order valence-electron chi connectivity index (χ4n) is 2.84. The molecule has 0 N–H and O–H groups in total. The normalized spacial score (nSPS) is 18.2. The minimum Gasteiger partial charge on any atom is -0.311 e. The third kappa shape index (κ3) is 3.06. The van der Waals surface area contributed by atoms with E-state index in [2.05, 4.69) is 15.9 Å². The van der Waals surface area contributed by atoms with Gasteiger partial charge in [0.05, 0.1) is 5.69 Å². The summed E-state index contributed by atoms with van der Waals surface area (Å²) in [5.74, 6) is 1.09. The summed E-state index contributed by atoms with van der Waals surface area (Å²) in [5.41, 5.74) is 0.958. The van der Waals surface area contributed by atoms with E-state index in [4.69, 9.17) is 0 Å². The lowest BCUT2D eigenvalue weighted by atomic mass is 10.1. The van der Waals surface area contributed by atoms with Crippen LogP contribution in [0, 0.1) is 5.92 Å². The van der Waals surface area contributed by atoms with Crippen LogP contribution in [0.5, 0.6) is 0 Å². The highest BCUT2D eigenvalue weighted by Crippen LogP contribution is 2.35. The lowest BCUT2D eigenvalue weighted by Gasteiger charge is -2.19. The van der Waals surface area contributed by atoms with Crippen molar-refractivity contribution in [3.8, 4) is 0 Å². The number of halogens is 1. The topological polar surface area (TPSA) is 37.4 Å². The summed E-state index contributed by atoms with van der Waals surface area (Å²) in [6, 6.07) is 12.1. The number of rotatable bonds is 3. The SMILES string of the molecule is CC(=O)SCC1CC(=O)N(c2ccc(Br)c3ccccc23)C1. The molecule has 0 spiro atoms. The van der Waals surface area contributed by atoms with Crippen molar-refractivity contribution in [1.29, 1.82) is 0 Å². The van der Waals surface area contributed by atoms with Crippen molar-refractivity contribution >= 4 is 55.2 Å². The Labute approximate surface area is 142 Å². The first-order chi connectivity index (χ1) is 10.6. The van der Waals surface area contributed by atoms with Crippen LogP contribution in [-0.4, -0.2) is 23.3 Å². The maximum atomic E-state index is 12.4. The fraction of sp³-hybridized carbons (Fsp3) is 0.294. The second-order valence-corrected chi connectivity index (χ2v) is 7.54. The van der Waals surface area contributed by atoms with Gasteiger partial charge in [-0.05, 0) is 23.4 Å². The first kappa shape index (κ1) is 15.6. The Hall–Kier alpha value is -1.33. The second kappa shape index (κ2) is 6.42. The average molecular weight is 378 g/mol. The molecule has 3 nitrogen and oxygen atoms in total. The fourth-order valence-corrected chi connectivity index (χ4v) is 4.01. The van der Waals surface area contributed by atoms with E-state index >= 15 is 0 Å².